The summed E-state index contributed by atoms with van der Waals surface area (Å²) in [4.78, 5) is 45.7. The number of hydrogen-bond acceptors (Lipinski definition) is 4. The van der Waals surface area contributed by atoms with Gasteiger partial charge in [-0.05, 0) is 86.0 Å². The zero-order chi connectivity index (χ0) is 29.6. The van der Waals surface area contributed by atoms with Crippen molar-refractivity contribution in [2.45, 2.75) is 38.3 Å². The number of ketones is 1. The Kier molecular flexibility index (Phi) is 5.56. The lowest BCUT2D eigenvalue weighted by Gasteiger charge is -2.44. The summed E-state index contributed by atoms with van der Waals surface area (Å²) in [5, 5.41) is 14.3. The molecule has 1 saturated heterocycles. The monoisotopic (exact) mass is 574 g/mol. The minimum absolute atomic E-state index is 0.263. The fourth-order valence-electron chi connectivity index (χ4n) is 6.73. The quantitative estimate of drug-likeness (QED) is 0.165. The minimum Gasteiger partial charge on any atom is -0.507 e. The van der Waals surface area contributed by atoms with E-state index in [1.807, 2.05) is 57.2 Å². The number of fused-ring (bicyclic) bond motifs is 5. The van der Waals surface area contributed by atoms with Gasteiger partial charge in [0.1, 0.15) is 5.76 Å². The third-order valence-corrected chi connectivity index (χ3v) is 8.90. The molecule has 0 saturated carbocycles. The summed E-state index contributed by atoms with van der Waals surface area (Å²) in [7, 11) is 0. The first-order valence-electron chi connectivity index (χ1n) is 13.8. The molecule has 208 valence electrons. The van der Waals surface area contributed by atoms with E-state index in [0.29, 0.717) is 22.8 Å². The van der Waals surface area contributed by atoms with Gasteiger partial charge in [-0.15, -0.1) is 0 Å². The van der Waals surface area contributed by atoms with Gasteiger partial charge in [-0.2, -0.15) is 0 Å². The Morgan fingerprint density at radius 3 is 2.26 bits per heavy atom. The van der Waals surface area contributed by atoms with Crippen LogP contribution in [-0.2, 0) is 20.8 Å². The molecule has 3 aliphatic heterocycles. The van der Waals surface area contributed by atoms with Gasteiger partial charge in [-0.1, -0.05) is 65.7 Å². The number of benzene rings is 4. The second kappa shape index (κ2) is 8.91. The smallest absolute Gasteiger partial charge is 0.300 e. The van der Waals surface area contributed by atoms with Crippen molar-refractivity contribution in [1.29, 1.82) is 0 Å². The number of rotatable bonds is 2. The summed E-state index contributed by atoms with van der Waals surface area (Å²) in [5.41, 5.74) is 1.33. The molecular weight excluding hydrogens is 548 g/mol. The number of aliphatic hydroxyl groups is 1. The standard InChI is InChI=1S/C35H27ClN2O4/c1-20-8-15-24(16-9-20)37-32(41)31(40)29(30(39)22-10-13-23(36)14-11-22)35(37)19-28-26-17-12-21-6-4-5-7-25(21)27(26)18-34(2,3)38(28)33(35)42/h4-17,19,39H,18H2,1-3H3/b30-29-. The molecule has 0 radical (unpaired) electrons. The lowest BCUT2D eigenvalue weighted by Crippen LogP contribution is -2.58. The van der Waals surface area contributed by atoms with E-state index in [9.17, 15) is 19.5 Å². The summed E-state index contributed by atoms with van der Waals surface area (Å²) in [5.74, 6) is -2.70. The average Bonchev–Trinajstić information content (AvgIpc) is 3.39. The van der Waals surface area contributed by atoms with Crippen LogP contribution in [0.25, 0.3) is 22.2 Å². The maximum absolute atomic E-state index is 15.0. The molecule has 7 rings (SSSR count). The molecule has 42 heavy (non-hydrogen) atoms. The van der Waals surface area contributed by atoms with Crippen molar-refractivity contribution < 1.29 is 19.5 Å². The van der Waals surface area contributed by atoms with E-state index in [1.54, 1.807) is 47.4 Å². The normalized spacial score (nSPS) is 22.1. The van der Waals surface area contributed by atoms with Gasteiger partial charge in [0.2, 0.25) is 0 Å². The van der Waals surface area contributed by atoms with E-state index in [2.05, 4.69) is 12.1 Å². The third kappa shape index (κ3) is 3.48. The maximum Gasteiger partial charge on any atom is 0.300 e. The van der Waals surface area contributed by atoms with Crippen molar-refractivity contribution in [3.63, 3.8) is 0 Å². The molecule has 4 aromatic rings. The second-order valence-corrected chi connectivity index (χ2v) is 12.2. The molecule has 2 amide bonds. The van der Waals surface area contributed by atoms with Crippen molar-refractivity contribution >= 4 is 57.1 Å². The molecule has 3 heterocycles. The first kappa shape index (κ1) is 26.2. The van der Waals surface area contributed by atoms with Crippen LogP contribution in [-0.4, -0.2) is 38.7 Å². The molecule has 1 fully saturated rings. The summed E-state index contributed by atoms with van der Waals surface area (Å²) in [6.45, 7) is 5.89. The first-order chi connectivity index (χ1) is 20.0. The predicted molar refractivity (Wildman–Crippen MR) is 164 cm³/mol. The summed E-state index contributed by atoms with van der Waals surface area (Å²) in [6.07, 6.45) is 2.27. The van der Waals surface area contributed by atoms with Crippen molar-refractivity contribution in [3.05, 3.63) is 124 Å². The highest BCUT2D eigenvalue weighted by Crippen LogP contribution is 2.53. The van der Waals surface area contributed by atoms with E-state index >= 15 is 0 Å². The molecule has 0 bridgehead atoms. The van der Waals surface area contributed by atoms with E-state index < -0.39 is 34.4 Å². The lowest BCUT2D eigenvalue weighted by molar-refractivity contribution is -0.134. The molecular formula is C35H27ClN2O4. The van der Waals surface area contributed by atoms with Gasteiger partial charge in [0.15, 0.2) is 5.54 Å². The van der Waals surface area contributed by atoms with Gasteiger partial charge in [0, 0.05) is 27.4 Å². The van der Waals surface area contributed by atoms with Crippen molar-refractivity contribution in [2.24, 2.45) is 0 Å². The molecule has 7 heteroatoms. The van der Waals surface area contributed by atoms with Crippen LogP contribution in [0.4, 0.5) is 5.69 Å². The Bertz CT molecular complexity index is 1920. The van der Waals surface area contributed by atoms with Crippen LogP contribution in [0.3, 0.4) is 0 Å². The van der Waals surface area contributed by atoms with Gasteiger partial charge in [-0.25, -0.2) is 0 Å². The number of aliphatic hydroxyl groups excluding tert-OH is 1. The number of halogens is 1. The van der Waals surface area contributed by atoms with Gasteiger partial charge in [0.25, 0.3) is 11.7 Å². The van der Waals surface area contributed by atoms with Gasteiger partial charge >= 0.3 is 5.91 Å². The Balaban J connectivity index is 1.56. The highest BCUT2D eigenvalue weighted by atomic mass is 35.5. The molecule has 1 atom stereocenters. The van der Waals surface area contributed by atoms with Crippen LogP contribution in [0.5, 0.6) is 0 Å². The summed E-state index contributed by atoms with van der Waals surface area (Å²) < 4.78 is 0. The Hall–Kier alpha value is -4.68. The highest BCUT2D eigenvalue weighted by Gasteiger charge is 2.67. The Labute approximate surface area is 248 Å². The van der Waals surface area contributed by atoms with E-state index in [0.717, 1.165) is 27.5 Å². The topological polar surface area (TPSA) is 77.9 Å². The first-order valence-corrected chi connectivity index (χ1v) is 14.2. The van der Waals surface area contributed by atoms with Crippen LogP contribution in [0, 0.1) is 6.92 Å². The summed E-state index contributed by atoms with van der Waals surface area (Å²) >= 11 is 6.09. The van der Waals surface area contributed by atoms with Crippen molar-refractivity contribution in [2.75, 3.05) is 4.90 Å². The second-order valence-electron chi connectivity index (χ2n) is 11.8. The van der Waals surface area contributed by atoms with E-state index in [-0.39, 0.29) is 11.1 Å². The number of carbonyl (C=O) groups is 3. The largest absolute Gasteiger partial charge is 0.507 e. The fourth-order valence-corrected chi connectivity index (χ4v) is 6.85. The zero-order valence-corrected chi connectivity index (χ0v) is 24.1. The number of anilines is 1. The molecule has 1 unspecified atom stereocenters. The van der Waals surface area contributed by atoms with E-state index in [4.69, 9.17) is 11.6 Å². The Morgan fingerprint density at radius 1 is 0.857 bits per heavy atom. The molecule has 3 aliphatic rings. The number of amides is 2. The fraction of sp³-hybridized carbons (Fsp3) is 0.171. The van der Waals surface area contributed by atoms with Gasteiger partial charge < -0.3 is 10.0 Å². The van der Waals surface area contributed by atoms with Crippen molar-refractivity contribution in [1.82, 2.24) is 4.90 Å². The van der Waals surface area contributed by atoms with Crippen LogP contribution in [0.15, 0.2) is 96.6 Å². The predicted octanol–water partition coefficient (Wildman–Crippen LogP) is 6.64. The van der Waals surface area contributed by atoms with Crippen LogP contribution in [0.2, 0.25) is 5.02 Å². The SMILES string of the molecule is Cc1ccc(N2C(=O)C(=O)/C(=C(/O)c3ccc(Cl)cc3)C23C=C2c4ccc5ccccc5c4CC(C)(C)N2C3=O)cc1. The van der Waals surface area contributed by atoms with Crippen LogP contribution in [0.1, 0.15) is 36.1 Å². The molecule has 1 N–H and O–H groups in total. The van der Waals surface area contributed by atoms with Crippen LogP contribution >= 0.6 is 11.6 Å². The van der Waals surface area contributed by atoms with Gasteiger partial charge in [0.05, 0.1) is 11.3 Å². The maximum atomic E-state index is 15.0. The molecule has 0 aromatic heterocycles. The summed E-state index contributed by atoms with van der Waals surface area (Å²) in [6, 6.07) is 25.5. The number of nitrogens with zero attached hydrogens (tertiary/aromatic N) is 2. The minimum atomic E-state index is -1.90. The third-order valence-electron chi connectivity index (χ3n) is 8.65. The average molecular weight is 575 g/mol. The highest BCUT2D eigenvalue weighted by molar-refractivity contribution is 6.55. The van der Waals surface area contributed by atoms with Crippen LogP contribution < -0.4 is 4.90 Å². The molecule has 1 spiro atoms. The molecule has 4 aromatic carbocycles. The van der Waals surface area contributed by atoms with E-state index in [1.165, 1.54) is 4.90 Å². The number of carbonyl (C=O) groups excluding carboxylic acids is 3. The Morgan fingerprint density at radius 2 is 1.55 bits per heavy atom. The van der Waals surface area contributed by atoms with Crippen molar-refractivity contribution in [3.8, 4) is 0 Å². The zero-order valence-electron chi connectivity index (χ0n) is 23.3. The van der Waals surface area contributed by atoms with Gasteiger partial charge in [-0.3, -0.25) is 19.3 Å². The number of aryl methyl sites for hydroxylation is 1. The molecule has 0 aliphatic carbocycles. The lowest BCUT2D eigenvalue weighted by atomic mass is 9.82. The number of Topliss-reactive ketones (excluding diaryl/α,β-unsaturated/α-hetero) is 1. The molecule has 6 nitrogen and oxygen atoms in total. The number of hydrogen-bond donors (Lipinski definition) is 1.